The van der Waals surface area contributed by atoms with Gasteiger partial charge in [-0.3, -0.25) is 0 Å². The Kier molecular flexibility index (Phi) is 6.15. The number of hydrogen-bond donors (Lipinski definition) is 1. The Morgan fingerprint density at radius 3 is 2.29 bits per heavy atom. The first-order valence-corrected chi connectivity index (χ1v) is 7.26. The van der Waals surface area contributed by atoms with Gasteiger partial charge in [0, 0.05) is 6.20 Å². The molecule has 2 aromatic rings. The first-order chi connectivity index (χ1) is 9.96. The molecule has 1 aromatic heterocycles. The fraction of sp³-hybridized carbons (Fsp3) is 0.412. The summed E-state index contributed by atoms with van der Waals surface area (Å²) in [4.78, 5) is 8.24. The number of hydrogen-bond acceptors (Lipinski definition) is 4. The molecule has 0 saturated heterocycles. The SMILES string of the molecule is CC.CC(C)(C)COc1nc(N)ncc1-c1ccccc1. The van der Waals surface area contributed by atoms with E-state index < -0.39 is 0 Å². The Balaban J connectivity index is 0.00000106. The molecule has 21 heavy (non-hydrogen) atoms. The third kappa shape index (κ3) is 5.42. The van der Waals surface area contributed by atoms with E-state index in [0.717, 1.165) is 11.1 Å². The van der Waals surface area contributed by atoms with Crippen LogP contribution in [-0.2, 0) is 0 Å². The Hall–Kier alpha value is -2.10. The van der Waals surface area contributed by atoms with Gasteiger partial charge in [-0.1, -0.05) is 65.0 Å². The number of nitrogen functional groups attached to an aromatic ring is 1. The van der Waals surface area contributed by atoms with Gasteiger partial charge < -0.3 is 10.5 Å². The van der Waals surface area contributed by atoms with Crippen molar-refractivity contribution in [1.82, 2.24) is 9.97 Å². The van der Waals surface area contributed by atoms with Crippen molar-refractivity contribution in [3.8, 4) is 17.0 Å². The molecule has 0 unspecified atom stereocenters. The minimum Gasteiger partial charge on any atom is -0.477 e. The molecule has 0 aliphatic rings. The van der Waals surface area contributed by atoms with Gasteiger partial charge in [-0.15, -0.1) is 0 Å². The summed E-state index contributed by atoms with van der Waals surface area (Å²) in [5.74, 6) is 0.761. The van der Waals surface area contributed by atoms with E-state index in [1.165, 1.54) is 0 Å². The molecule has 0 saturated carbocycles. The number of benzene rings is 1. The maximum atomic E-state index is 5.81. The summed E-state index contributed by atoms with van der Waals surface area (Å²) in [5.41, 5.74) is 7.59. The van der Waals surface area contributed by atoms with Gasteiger partial charge in [0.15, 0.2) is 0 Å². The number of nitrogens with zero attached hydrogens (tertiary/aromatic N) is 2. The first kappa shape index (κ1) is 17.0. The number of rotatable bonds is 3. The monoisotopic (exact) mass is 287 g/mol. The van der Waals surface area contributed by atoms with Crippen LogP contribution in [0.3, 0.4) is 0 Å². The number of anilines is 1. The van der Waals surface area contributed by atoms with Crippen molar-refractivity contribution >= 4 is 5.95 Å². The van der Waals surface area contributed by atoms with Crippen molar-refractivity contribution in [1.29, 1.82) is 0 Å². The van der Waals surface area contributed by atoms with Crippen molar-refractivity contribution in [3.05, 3.63) is 36.5 Å². The third-order valence-corrected chi connectivity index (χ3v) is 2.50. The molecule has 0 spiro atoms. The van der Waals surface area contributed by atoms with Crippen molar-refractivity contribution in [3.63, 3.8) is 0 Å². The molecule has 1 aromatic carbocycles. The molecule has 0 aliphatic heterocycles. The van der Waals surface area contributed by atoms with Crippen molar-refractivity contribution < 1.29 is 4.74 Å². The average molecular weight is 287 g/mol. The van der Waals surface area contributed by atoms with Crippen molar-refractivity contribution in [2.45, 2.75) is 34.6 Å². The molecule has 0 radical (unpaired) electrons. The molecular weight excluding hydrogens is 262 g/mol. The van der Waals surface area contributed by atoms with Crippen LogP contribution in [0.4, 0.5) is 5.95 Å². The van der Waals surface area contributed by atoms with Crippen LogP contribution >= 0.6 is 0 Å². The second-order valence-electron chi connectivity index (χ2n) is 5.66. The molecule has 0 fully saturated rings. The van der Waals surface area contributed by atoms with Crippen molar-refractivity contribution in [2.24, 2.45) is 5.41 Å². The lowest BCUT2D eigenvalue weighted by Gasteiger charge is -2.19. The van der Waals surface area contributed by atoms with Crippen LogP contribution in [0.2, 0.25) is 0 Å². The van der Waals surface area contributed by atoms with Gasteiger partial charge in [0.05, 0.1) is 12.2 Å². The Labute approximate surface area is 127 Å². The summed E-state index contributed by atoms with van der Waals surface area (Å²) in [6.07, 6.45) is 1.70. The van der Waals surface area contributed by atoms with Crippen LogP contribution in [0.5, 0.6) is 5.88 Å². The van der Waals surface area contributed by atoms with Crippen LogP contribution in [0.25, 0.3) is 11.1 Å². The molecule has 4 heteroatoms. The van der Waals surface area contributed by atoms with Gasteiger partial charge in [-0.25, -0.2) is 4.98 Å². The van der Waals surface area contributed by atoms with Crippen LogP contribution in [0.15, 0.2) is 36.5 Å². The second-order valence-corrected chi connectivity index (χ2v) is 5.66. The minimum atomic E-state index is 0.0632. The standard InChI is InChI=1S/C15H19N3O.C2H6/c1-15(2,3)10-19-13-12(9-17-14(16)18-13)11-7-5-4-6-8-11;1-2/h4-9H,10H2,1-3H3,(H2,16,17,18);1-2H3. The van der Waals surface area contributed by atoms with E-state index in [9.17, 15) is 0 Å². The van der Waals surface area contributed by atoms with Gasteiger partial charge in [0.2, 0.25) is 11.8 Å². The zero-order valence-corrected chi connectivity index (χ0v) is 13.6. The minimum absolute atomic E-state index is 0.0632. The van der Waals surface area contributed by atoms with Crippen LogP contribution in [-0.4, -0.2) is 16.6 Å². The van der Waals surface area contributed by atoms with E-state index in [2.05, 4.69) is 30.7 Å². The summed E-state index contributed by atoms with van der Waals surface area (Å²) < 4.78 is 5.81. The molecule has 0 bridgehead atoms. The highest BCUT2D eigenvalue weighted by molar-refractivity contribution is 5.68. The van der Waals surface area contributed by atoms with Gasteiger partial charge in [-0.2, -0.15) is 4.98 Å². The predicted molar refractivity (Wildman–Crippen MR) is 88.2 cm³/mol. The van der Waals surface area contributed by atoms with Gasteiger partial charge >= 0.3 is 0 Å². The van der Waals surface area contributed by atoms with E-state index in [1.807, 2.05) is 44.2 Å². The predicted octanol–water partition coefficient (Wildman–Crippen LogP) is 4.18. The van der Waals surface area contributed by atoms with Crippen LogP contribution in [0, 0.1) is 5.41 Å². The zero-order valence-electron chi connectivity index (χ0n) is 13.6. The maximum Gasteiger partial charge on any atom is 0.226 e. The Morgan fingerprint density at radius 2 is 1.71 bits per heavy atom. The second kappa shape index (κ2) is 7.62. The average Bonchev–Trinajstić information content (AvgIpc) is 2.47. The molecule has 0 aliphatic carbocycles. The molecule has 114 valence electrons. The highest BCUT2D eigenvalue weighted by Gasteiger charge is 2.15. The quantitative estimate of drug-likeness (QED) is 0.920. The van der Waals surface area contributed by atoms with E-state index in [-0.39, 0.29) is 11.4 Å². The summed E-state index contributed by atoms with van der Waals surface area (Å²) in [5, 5.41) is 0. The fourth-order valence-electron chi connectivity index (χ4n) is 1.59. The number of ether oxygens (including phenoxy) is 1. The van der Waals surface area contributed by atoms with E-state index >= 15 is 0 Å². The third-order valence-electron chi connectivity index (χ3n) is 2.50. The summed E-state index contributed by atoms with van der Waals surface area (Å²) in [7, 11) is 0. The lowest BCUT2D eigenvalue weighted by Crippen LogP contribution is -2.18. The van der Waals surface area contributed by atoms with Gasteiger partial charge in [0.1, 0.15) is 0 Å². The molecular formula is C17H25N3O. The molecule has 2 N–H and O–H groups in total. The highest BCUT2D eigenvalue weighted by atomic mass is 16.5. The topological polar surface area (TPSA) is 61.0 Å². The number of aromatic nitrogens is 2. The normalized spacial score (nSPS) is 10.5. The lowest BCUT2D eigenvalue weighted by atomic mass is 9.99. The van der Waals surface area contributed by atoms with Gasteiger partial charge in [-0.05, 0) is 11.0 Å². The number of nitrogens with two attached hydrogens (primary N) is 1. The molecule has 1 heterocycles. The van der Waals surface area contributed by atoms with Crippen LogP contribution < -0.4 is 10.5 Å². The van der Waals surface area contributed by atoms with Gasteiger partial charge in [0.25, 0.3) is 0 Å². The smallest absolute Gasteiger partial charge is 0.226 e. The summed E-state index contributed by atoms with van der Waals surface area (Å²) in [6, 6.07) is 9.91. The lowest BCUT2D eigenvalue weighted by molar-refractivity contribution is 0.192. The first-order valence-electron chi connectivity index (χ1n) is 7.26. The zero-order chi connectivity index (χ0) is 15.9. The molecule has 2 rings (SSSR count). The molecule has 0 atom stereocenters. The largest absolute Gasteiger partial charge is 0.477 e. The van der Waals surface area contributed by atoms with E-state index in [1.54, 1.807) is 6.20 Å². The Bertz CT molecular complexity index is 548. The van der Waals surface area contributed by atoms with E-state index in [4.69, 9.17) is 10.5 Å². The van der Waals surface area contributed by atoms with Crippen LogP contribution in [0.1, 0.15) is 34.6 Å². The summed E-state index contributed by atoms with van der Waals surface area (Å²) in [6.45, 7) is 10.9. The van der Waals surface area contributed by atoms with E-state index in [0.29, 0.717) is 12.5 Å². The maximum absolute atomic E-state index is 5.81. The highest BCUT2D eigenvalue weighted by Crippen LogP contribution is 2.29. The molecule has 0 amide bonds. The summed E-state index contributed by atoms with van der Waals surface area (Å²) >= 11 is 0. The molecule has 4 nitrogen and oxygen atoms in total. The van der Waals surface area contributed by atoms with Crippen molar-refractivity contribution in [2.75, 3.05) is 12.3 Å². The fourth-order valence-corrected chi connectivity index (χ4v) is 1.59. The Morgan fingerprint density at radius 1 is 1.10 bits per heavy atom.